The van der Waals surface area contributed by atoms with Crippen LogP contribution in [-0.4, -0.2) is 42.7 Å². The zero-order chi connectivity index (χ0) is 13.9. The first-order valence-electron chi connectivity index (χ1n) is 4.79. The molecule has 0 fully saturated rings. The molecule has 0 spiro atoms. The van der Waals surface area contributed by atoms with Gasteiger partial charge in [-0.3, -0.25) is 10.1 Å². The number of hydrogen-bond donors (Lipinski definition) is 6. The van der Waals surface area contributed by atoms with Crippen molar-refractivity contribution in [2.75, 3.05) is 5.32 Å². The molecule has 0 amide bonds. The van der Waals surface area contributed by atoms with Gasteiger partial charge in [-0.25, -0.2) is 0 Å². The molecule has 0 aromatic heterocycles. The lowest BCUT2D eigenvalue weighted by Crippen LogP contribution is -2.35. The van der Waals surface area contributed by atoms with E-state index in [1.54, 1.807) is 0 Å². The minimum atomic E-state index is -3.13. The van der Waals surface area contributed by atoms with Crippen LogP contribution in [0.1, 0.15) is 6.42 Å². The van der Waals surface area contributed by atoms with Gasteiger partial charge in [0.25, 0.3) is 11.7 Å². The summed E-state index contributed by atoms with van der Waals surface area (Å²) in [5, 5.41) is 57.4. The van der Waals surface area contributed by atoms with Crippen molar-refractivity contribution >= 4 is 11.4 Å². The maximum atomic E-state index is 10.7. The van der Waals surface area contributed by atoms with Gasteiger partial charge in [-0.05, 0) is 6.07 Å². The number of phenols is 1. The van der Waals surface area contributed by atoms with Crippen LogP contribution in [0.15, 0.2) is 18.2 Å². The third-order valence-corrected chi connectivity index (χ3v) is 2.00. The molecule has 18 heavy (non-hydrogen) atoms. The molecule has 0 aliphatic heterocycles. The van der Waals surface area contributed by atoms with Crippen molar-refractivity contribution < 1.29 is 30.5 Å². The molecule has 0 aliphatic carbocycles. The summed E-state index contributed by atoms with van der Waals surface area (Å²) in [7, 11) is 0. The minimum absolute atomic E-state index is 0.390. The molecule has 1 rings (SSSR count). The molecule has 0 aliphatic rings. The van der Waals surface area contributed by atoms with E-state index < -0.39 is 35.0 Å². The Morgan fingerprint density at radius 1 is 1.39 bits per heavy atom. The standard InChI is InChI=1S/C9H12N2O7/c12-6-3-1-2-5(11(17)18)8(6)10-7(13)4-9(14,15)16/h1-3,7,10,12-16H,4H2. The number of aromatic hydroxyl groups is 1. The van der Waals surface area contributed by atoms with Crippen LogP contribution in [0.25, 0.3) is 0 Å². The smallest absolute Gasteiger partial charge is 0.296 e. The van der Waals surface area contributed by atoms with Crippen molar-refractivity contribution in [1.82, 2.24) is 0 Å². The lowest BCUT2D eigenvalue weighted by Gasteiger charge is -2.20. The zero-order valence-electron chi connectivity index (χ0n) is 9.02. The topological polar surface area (TPSA) is 156 Å². The Morgan fingerprint density at radius 2 is 2.00 bits per heavy atom. The fourth-order valence-corrected chi connectivity index (χ4v) is 1.31. The second-order valence-corrected chi connectivity index (χ2v) is 3.57. The molecule has 9 heteroatoms. The van der Waals surface area contributed by atoms with E-state index in [1.807, 2.05) is 0 Å². The third kappa shape index (κ3) is 3.82. The van der Waals surface area contributed by atoms with Crippen LogP contribution in [-0.2, 0) is 0 Å². The molecule has 1 aromatic carbocycles. The van der Waals surface area contributed by atoms with Crippen LogP contribution < -0.4 is 5.32 Å². The Kier molecular flexibility index (Phi) is 4.03. The highest BCUT2D eigenvalue weighted by molar-refractivity contribution is 5.69. The molecular formula is C9H12N2O7. The normalized spacial score (nSPS) is 13.1. The van der Waals surface area contributed by atoms with Crippen LogP contribution in [0.4, 0.5) is 11.4 Å². The Balaban J connectivity index is 2.93. The number of nitrogens with zero attached hydrogens (tertiary/aromatic N) is 1. The van der Waals surface area contributed by atoms with Crippen molar-refractivity contribution in [3.8, 4) is 5.75 Å². The maximum absolute atomic E-state index is 10.7. The summed E-state index contributed by atoms with van der Waals surface area (Å²) >= 11 is 0. The lowest BCUT2D eigenvalue weighted by atomic mass is 10.2. The van der Waals surface area contributed by atoms with Crippen molar-refractivity contribution in [3.05, 3.63) is 28.3 Å². The molecule has 0 radical (unpaired) electrons. The van der Waals surface area contributed by atoms with E-state index in [4.69, 9.17) is 15.3 Å². The predicted octanol–water partition coefficient (Wildman–Crippen LogP) is -0.948. The van der Waals surface area contributed by atoms with Crippen LogP contribution in [0.5, 0.6) is 5.75 Å². The summed E-state index contributed by atoms with van der Waals surface area (Å²) in [5.41, 5.74) is -0.896. The highest BCUT2D eigenvalue weighted by Gasteiger charge is 2.26. The molecule has 0 saturated carbocycles. The first-order valence-corrected chi connectivity index (χ1v) is 4.79. The fraction of sp³-hybridized carbons (Fsp3) is 0.333. The van der Waals surface area contributed by atoms with Gasteiger partial charge in [0.1, 0.15) is 12.0 Å². The van der Waals surface area contributed by atoms with Crippen LogP contribution in [0, 0.1) is 10.1 Å². The van der Waals surface area contributed by atoms with Crippen LogP contribution in [0.2, 0.25) is 0 Å². The first kappa shape index (κ1) is 14.1. The Bertz CT molecular complexity index is 443. The number of para-hydroxylation sites is 1. The highest BCUT2D eigenvalue weighted by atomic mass is 16.7. The summed E-state index contributed by atoms with van der Waals surface area (Å²) in [5.74, 6) is -3.63. The number of aliphatic hydroxyl groups is 4. The Morgan fingerprint density at radius 3 is 2.50 bits per heavy atom. The largest absolute Gasteiger partial charge is 0.506 e. The molecule has 0 bridgehead atoms. The monoisotopic (exact) mass is 260 g/mol. The summed E-state index contributed by atoms with van der Waals surface area (Å²) in [6, 6.07) is 3.46. The average Bonchev–Trinajstić information content (AvgIpc) is 2.17. The summed E-state index contributed by atoms with van der Waals surface area (Å²) < 4.78 is 0. The van der Waals surface area contributed by atoms with E-state index in [-0.39, 0.29) is 5.69 Å². The number of nitrogens with one attached hydrogen (secondary N) is 1. The van der Waals surface area contributed by atoms with Crippen LogP contribution >= 0.6 is 0 Å². The van der Waals surface area contributed by atoms with Gasteiger partial charge in [0.2, 0.25) is 0 Å². The Labute approximate surface area is 101 Å². The second-order valence-electron chi connectivity index (χ2n) is 3.57. The zero-order valence-corrected chi connectivity index (χ0v) is 9.02. The van der Waals surface area contributed by atoms with Gasteiger partial charge in [-0.2, -0.15) is 0 Å². The molecule has 0 heterocycles. The van der Waals surface area contributed by atoms with E-state index in [9.17, 15) is 20.3 Å². The van der Waals surface area contributed by atoms with Gasteiger partial charge >= 0.3 is 0 Å². The molecule has 6 N–H and O–H groups in total. The highest BCUT2D eigenvalue weighted by Crippen LogP contribution is 2.33. The molecular weight excluding hydrogens is 248 g/mol. The number of hydrogen-bond acceptors (Lipinski definition) is 8. The second kappa shape index (κ2) is 5.14. The van der Waals surface area contributed by atoms with Crippen molar-refractivity contribution in [1.29, 1.82) is 0 Å². The van der Waals surface area contributed by atoms with Crippen molar-refractivity contribution in [2.45, 2.75) is 18.6 Å². The van der Waals surface area contributed by atoms with Crippen LogP contribution in [0.3, 0.4) is 0 Å². The van der Waals surface area contributed by atoms with E-state index in [0.717, 1.165) is 12.1 Å². The quantitative estimate of drug-likeness (QED) is 0.171. The number of nitro groups is 1. The van der Waals surface area contributed by atoms with E-state index in [0.29, 0.717) is 0 Å². The van der Waals surface area contributed by atoms with E-state index in [2.05, 4.69) is 5.32 Å². The number of rotatable bonds is 5. The van der Waals surface area contributed by atoms with Gasteiger partial charge in [0, 0.05) is 6.07 Å². The number of nitro benzene ring substituents is 1. The lowest BCUT2D eigenvalue weighted by molar-refractivity contribution is -0.384. The minimum Gasteiger partial charge on any atom is -0.506 e. The predicted molar refractivity (Wildman–Crippen MR) is 58.4 cm³/mol. The van der Waals surface area contributed by atoms with E-state index in [1.165, 1.54) is 6.07 Å². The van der Waals surface area contributed by atoms with Crippen molar-refractivity contribution in [3.63, 3.8) is 0 Å². The molecule has 1 atom stereocenters. The summed E-state index contributed by atoms with van der Waals surface area (Å²) in [4.78, 5) is 9.87. The van der Waals surface area contributed by atoms with Gasteiger partial charge in [0.05, 0.1) is 11.3 Å². The number of anilines is 1. The van der Waals surface area contributed by atoms with Gasteiger partial charge < -0.3 is 30.8 Å². The SMILES string of the molecule is O=[N+]([O-])c1cccc(O)c1NC(O)CC(O)(O)O. The molecule has 100 valence electrons. The summed E-state index contributed by atoms with van der Waals surface area (Å²) in [6.45, 7) is 0. The number of phenolic OH excluding ortho intramolecular Hbond substituents is 1. The van der Waals surface area contributed by atoms with E-state index >= 15 is 0 Å². The third-order valence-electron chi connectivity index (χ3n) is 2.00. The number of aliphatic hydroxyl groups excluding tert-OH is 1. The fourth-order valence-electron chi connectivity index (χ4n) is 1.31. The number of benzene rings is 1. The molecule has 1 aromatic rings. The first-order chi connectivity index (χ1) is 8.20. The summed E-state index contributed by atoms with van der Waals surface area (Å²) in [6.07, 6.45) is -2.64. The van der Waals surface area contributed by atoms with Crippen molar-refractivity contribution in [2.24, 2.45) is 0 Å². The van der Waals surface area contributed by atoms with Gasteiger partial charge in [-0.1, -0.05) is 6.07 Å². The molecule has 9 nitrogen and oxygen atoms in total. The Hall–Kier alpha value is -1.94. The molecule has 0 saturated heterocycles. The average molecular weight is 260 g/mol. The van der Waals surface area contributed by atoms with Gasteiger partial charge in [-0.15, -0.1) is 0 Å². The maximum Gasteiger partial charge on any atom is 0.296 e. The molecule has 1 unspecified atom stereocenters. The van der Waals surface area contributed by atoms with Gasteiger partial charge in [0.15, 0.2) is 5.69 Å².